The maximum atomic E-state index is 2.43. The second-order valence-corrected chi connectivity index (χ2v) is 23.3. The predicted octanol–water partition coefficient (Wildman–Crippen LogP) is 22.4. The van der Waals surface area contributed by atoms with E-state index in [0.717, 1.165) is 22.7 Å². The number of rotatable bonds is 9. The first-order valence-corrected chi connectivity index (χ1v) is 30.3. The van der Waals surface area contributed by atoms with E-state index < -0.39 is 0 Å². The SMILES string of the molecule is c1cc(-c2ccc(-n3c4ccccc4c4ccccc43)cc2)cc(-c2cccc(-c3ccc(-n4c5ccccc5c5ccc(-c6ccc7c(c6)c6ccccc6n7-c6ccc(-c7ccc(-n8c9ccccc9c9ccccc98)cc7)cc6)cc54)cc3)c2)c1. The van der Waals surface area contributed by atoms with Crippen LogP contribution in [0, 0.1) is 0 Å². The molecule has 0 saturated heterocycles. The first-order valence-electron chi connectivity index (χ1n) is 30.3. The van der Waals surface area contributed by atoms with Gasteiger partial charge in [-0.1, -0.05) is 212 Å². The van der Waals surface area contributed by atoms with Crippen LogP contribution < -0.4 is 0 Å². The van der Waals surface area contributed by atoms with Crippen LogP contribution in [0.25, 0.3) is 166 Å². The van der Waals surface area contributed by atoms with Gasteiger partial charge in [-0.05, 0) is 171 Å². The monoisotopic (exact) mass is 1120 g/mol. The number of benzene rings is 14. The molecule has 0 spiro atoms. The van der Waals surface area contributed by atoms with E-state index >= 15 is 0 Å². The van der Waals surface area contributed by atoms with Crippen molar-refractivity contribution in [2.45, 2.75) is 0 Å². The summed E-state index contributed by atoms with van der Waals surface area (Å²) in [5, 5.41) is 10.0. The Bertz CT molecular complexity index is 5670. The smallest absolute Gasteiger partial charge is 0.0547 e. The molecule has 18 aromatic rings. The lowest BCUT2D eigenvalue weighted by molar-refractivity contribution is 1.18. The van der Waals surface area contributed by atoms with Gasteiger partial charge in [-0.25, -0.2) is 0 Å². The highest BCUT2D eigenvalue weighted by molar-refractivity contribution is 6.14. The molecule has 4 heterocycles. The molecule has 0 radical (unpaired) electrons. The van der Waals surface area contributed by atoms with Crippen LogP contribution >= 0.6 is 0 Å². The normalized spacial score (nSPS) is 11.9. The Morgan fingerprint density at radius 3 is 0.705 bits per heavy atom. The summed E-state index contributed by atoms with van der Waals surface area (Å²) in [4.78, 5) is 0. The molecule has 0 aliphatic heterocycles. The molecule has 0 fully saturated rings. The van der Waals surface area contributed by atoms with Crippen LogP contribution in [0.4, 0.5) is 0 Å². The van der Waals surface area contributed by atoms with Crippen molar-refractivity contribution in [1.29, 1.82) is 0 Å². The fourth-order valence-electron chi connectivity index (χ4n) is 14.2. The summed E-state index contributed by atoms with van der Waals surface area (Å²) in [6, 6.07) is 120. The number of aromatic nitrogens is 4. The summed E-state index contributed by atoms with van der Waals surface area (Å²) in [6.07, 6.45) is 0. The van der Waals surface area contributed by atoms with Crippen LogP contribution in [-0.2, 0) is 0 Å². The molecule has 0 amide bonds. The second kappa shape index (κ2) is 20.0. The lowest BCUT2D eigenvalue weighted by Crippen LogP contribution is -1.95. The van der Waals surface area contributed by atoms with Gasteiger partial charge in [-0.3, -0.25) is 0 Å². The Balaban J connectivity index is 0.635. The van der Waals surface area contributed by atoms with E-state index in [9.17, 15) is 0 Å². The largest absolute Gasteiger partial charge is 0.309 e. The van der Waals surface area contributed by atoms with Crippen molar-refractivity contribution in [2.24, 2.45) is 0 Å². The van der Waals surface area contributed by atoms with Crippen LogP contribution in [0.1, 0.15) is 0 Å². The minimum atomic E-state index is 1.13. The molecule has 0 bridgehead atoms. The Morgan fingerprint density at radius 1 is 0.125 bits per heavy atom. The van der Waals surface area contributed by atoms with Gasteiger partial charge in [0.2, 0.25) is 0 Å². The van der Waals surface area contributed by atoms with Gasteiger partial charge in [-0.15, -0.1) is 0 Å². The number of hydrogen-bond acceptors (Lipinski definition) is 0. The van der Waals surface area contributed by atoms with E-state index in [1.165, 1.54) is 143 Å². The maximum absolute atomic E-state index is 2.43. The summed E-state index contributed by atoms with van der Waals surface area (Å²) in [6.45, 7) is 0. The van der Waals surface area contributed by atoms with E-state index in [4.69, 9.17) is 0 Å². The molecule has 0 atom stereocenters. The fraction of sp³-hybridized carbons (Fsp3) is 0. The highest BCUT2D eigenvalue weighted by Crippen LogP contribution is 2.41. The molecule has 0 aliphatic carbocycles. The number of para-hydroxylation sites is 6. The number of hydrogen-bond donors (Lipinski definition) is 0. The summed E-state index contributed by atoms with van der Waals surface area (Å²) >= 11 is 0. The predicted molar refractivity (Wildman–Crippen MR) is 371 cm³/mol. The standard InChI is InChI=1S/C84H54N4/c1-7-25-77-69(19-1)70-20-2-8-26-78(70)85(77)65-41-31-55(32-42-65)56-33-43-67(44-34-56)87-82-30-12-6-24-74(82)76-53-63(40-50-83(76)87)64-39-49-75-73-23-5-11-29-81(73)88(84(75)54-64)68-47-37-58(38-48-68)60-16-14-18-62(52-60)61-17-13-15-59(51-61)57-35-45-66(46-36-57)86-79-27-9-3-21-71(79)72-22-4-10-28-80(72)86/h1-54H. The van der Waals surface area contributed by atoms with Crippen molar-refractivity contribution >= 4 is 87.2 Å². The molecule has 14 aromatic carbocycles. The molecule has 4 aromatic heterocycles. The Hall–Kier alpha value is -11.7. The Morgan fingerprint density at radius 2 is 0.352 bits per heavy atom. The minimum Gasteiger partial charge on any atom is -0.309 e. The van der Waals surface area contributed by atoms with Crippen LogP contribution in [-0.4, -0.2) is 18.3 Å². The van der Waals surface area contributed by atoms with Crippen molar-refractivity contribution in [2.75, 3.05) is 0 Å². The van der Waals surface area contributed by atoms with Gasteiger partial charge >= 0.3 is 0 Å². The van der Waals surface area contributed by atoms with Crippen LogP contribution in [0.2, 0.25) is 0 Å². The molecule has 18 rings (SSSR count). The highest BCUT2D eigenvalue weighted by Gasteiger charge is 2.19. The minimum absolute atomic E-state index is 1.13. The van der Waals surface area contributed by atoms with Crippen molar-refractivity contribution in [3.8, 4) is 78.4 Å². The third kappa shape index (κ3) is 7.93. The molecule has 88 heavy (non-hydrogen) atoms. The summed E-state index contributed by atoms with van der Waals surface area (Å²) in [7, 11) is 0. The van der Waals surface area contributed by atoms with Crippen molar-refractivity contribution in [3.63, 3.8) is 0 Å². The molecular formula is C84H54N4. The zero-order chi connectivity index (χ0) is 57.8. The van der Waals surface area contributed by atoms with Crippen LogP contribution in [0.15, 0.2) is 328 Å². The lowest BCUT2D eigenvalue weighted by Gasteiger charge is -2.12. The van der Waals surface area contributed by atoms with Crippen LogP contribution in [0.5, 0.6) is 0 Å². The van der Waals surface area contributed by atoms with E-state index in [1.807, 2.05) is 0 Å². The topological polar surface area (TPSA) is 19.7 Å². The molecule has 4 heteroatoms. The van der Waals surface area contributed by atoms with Gasteiger partial charge in [0, 0.05) is 65.8 Å². The zero-order valence-electron chi connectivity index (χ0n) is 48.0. The maximum Gasteiger partial charge on any atom is 0.0547 e. The molecule has 4 nitrogen and oxygen atoms in total. The fourth-order valence-corrected chi connectivity index (χ4v) is 14.2. The van der Waals surface area contributed by atoms with Gasteiger partial charge in [0.15, 0.2) is 0 Å². The van der Waals surface area contributed by atoms with Crippen LogP contribution in [0.3, 0.4) is 0 Å². The quantitative estimate of drug-likeness (QED) is 0.137. The molecule has 0 aliphatic rings. The van der Waals surface area contributed by atoms with E-state index in [2.05, 4.69) is 346 Å². The molecular weight excluding hydrogens is 1060 g/mol. The summed E-state index contributed by atoms with van der Waals surface area (Å²) in [5.41, 5.74) is 26.0. The van der Waals surface area contributed by atoms with Gasteiger partial charge in [-0.2, -0.15) is 0 Å². The van der Waals surface area contributed by atoms with E-state index in [-0.39, 0.29) is 0 Å². The zero-order valence-corrected chi connectivity index (χ0v) is 48.0. The van der Waals surface area contributed by atoms with Crippen molar-refractivity contribution < 1.29 is 0 Å². The van der Waals surface area contributed by atoms with Gasteiger partial charge < -0.3 is 18.3 Å². The lowest BCUT2D eigenvalue weighted by atomic mass is 9.96. The summed E-state index contributed by atoms with van der Waals surface area (Å²) in [5.74, 6) is 0. The highest BCUT2D eigenvalue weighted by atomic mass is 15.0. The Labute approximate surface area is 508 Å². The molecule has 0 unspecified atom stereocenters. The van der Waals surface area contributed by atoms with E-state index in [0.29, 0.717) is 0 Å². The number of fused-ring (bicyclic) bond motifs is 12. The third-order valence-electron chi connectivity index (χ3n) is 18.4. The number of nitrogens with zero attached hydrogens (tertiary/aromatic N) is 4. The Kier molecular flexibility index (Phi) is 11.3. The second-order valence-electron chi connectivity index (χ2n) is 23.3. The first kappa shape index (κ1) is 49.7. The van der Waals surface area contributed by atoms with Crippen molar-refractivity contribution in [1.82, 2.24) is 18.3 Å². The third-order valence-corrected chi connectivity index (χ3v) is 18.4. The average Bonchev–Trinajstić information content (AvgIpc) is 2.38. The van der Waals surface area contributed by atoms with Gasteiger partial charge in [0.1, 0.15) is 0 Å². The van der Waals surface area contributed by atoms with E-state index in [1.54, 1.807) is 0 Å². The molecule has 0 N–H and O–H groups in total. The average molecular weight is 1120 g/mol. The molecule has 0 saturated carbocycles. The van der Waals surface area contributed by atoms with Crippen molar-refractivity contribution in [3.05, 3.63) is 328 Å². The van der Waals surface area contributed by atoms with Gasteiger partial charge in [0.25, 0.3) is 0 Å². The van der Waals surface area contributed by atoms with Gasteiger partial charge in [0.05, 0.1) is 44.1 Å². The first-order chi connectivity index (χ1) is 43.6. The summed E-state index contributed by atoms with van der Waals surface area (Å²) < 4.78 is 9.60. The molecule has 410 valence electrons.